The highest BCUT2D eigenvalue weighted by molar-refractivity contribution is 5.36. The minimum Gasteiger partial charge on any atom is -0.306 e. The molecule has 0 aliphatic rings. The van der Waals surface area contributed by atoms with E-state index in [1.165, 1.54) is 12.1 Å². The van der Waals surface area contributed by atoms with E-state index in [0.29, 0.717) is 13.1 Å². The average Bonchev–Trinajstić information content (AvgIpc) is 2.85. The summed E-state index contributed by atoms with van der Waals surface area (Å²) in [6.45, 7) is 1.28. The largest absolute Gasteiger partial charge is 0.306 e. The van der Waals surface area contributed by atoms with Crippen molar-refractivity contribution in [3.63, 3.8) is 0 Å². The first-order valence-corrected chi connectivity index (χ1v) is 6.07. The van der Waals surface area contributed by atoms with Crippen molar-refractivity contribution < 1.29 is 4.39 Å². The summed E-state index contributed by atoms with van der Waals surface area (Å²) in [6.07, 6.45) is 1.93. The van der Waals surface area contributed by atoms with Crippen LogP contribution < -0.4 is 5.32 Å². The molecule has 3 rings (SSSR count). The Morgan fingerprint density at radius 1 is 1.00 bits per heavy atom. The van der Waals surface area contributed by atoms with Gasteiger partial charge in [-0.2, -0.15) is 0 Å². The molecule has 0 saturated carbocycles. The van der Waals surface area contributed by atoms with Crippen LogP contribution in [0.15, 0.2) is 48.7 Å². The van der Waals surface area contributed by atoms with Crippen LogP contribution >= 0.6 is 0 Å². The second-order valence-electron chi connectivity index (χ2n) is 4.28. The number of nitrogens with one attached hydrogen (secondary N) is 1. The van der Waals surface area contributed by atoms with E-state index in [1.807, 2.05) is 28.8 Å². The lowest BCUT2D eigenvalue weighted by molar-refractivity contribution is 0.623. The first kappa shape index (κ1) is 11.8. The smallest absolute Gasteiger partial charge is 0.160 e. The molecule has 3 aromatic rings. The van der Waals surface area contributed by atoms with E-state index in [1.54, 1.807) is 12.1 Å². The van der Waals surface area contributed by atoms with Crippen molar-refractivity contribution >= 4 is 5.65 Å². The zero-order valence-corrected chi connectivity index (χ0v) is 10.3. The van der Waals surface area contributed by atoms with Crippen LogP contribution in [0.3, 0.4) is 0 Å². The summed E-state index contributed by atoms with van der Waals surface area (Å²) in [4.78, 5) is 0. The van der Waals surface area contributed by atoms with Crippen molar-refractivity contribution in [3.05, 3.63) is 65.9 Å². The van der Waals surface area contributed by atoms with Gasteiger partial charge in [0.05, 0.1) is 6.54 Å². The highest BCUT2D eigenvalue weighted by Crippen LogP contribution is 2.04. The van der Waals surface area contributed by atoms with Gasteiger partial charge in [0, 0.05) is 12.7 Å². The highest BCUT2D eigenvalue weighted by atomic mass is 19.1. The van der Waals surface area contributed by atoms with Crippen LogP contribution in [0.1, 0.15) is 11.4 Å². The van der Waals surface area contributed by atoms with E-state index in [4.69, 9.17) is 0 Å². The molecule has 5 heteroatoms. The molecule has 4 nitrogen and oxygen atoms in total. The van der Waals surface area contributed by atoms with Gasteiger partial charge < -0.3 is 5.32 Å². The first-order valence-electron chi connectivity index (χ1n) is 6.07. The topological polar surface area (TPSA) is 42.2 Å². The maximum Gasteiger partial charge on any atom is 0.160 e. The predicted molar refractivity (Wildman–Crippen MR) is 69.9 cm³/mol. The summed E-state index contributed by atoms with van der Waals surface area (Å²) in [5.74, 6) is 0.643. The van der Waals surface area contributed by atoms with Crippen LogP contribution in [-0.4, -0.2) is 14.6 Å². The number of hydrogen-bond donors (Lipinski definition) is 1. The number of pyridine rings is 1. The lowest BCUT2D eigenvalue weighted by Crippen LogP contribution is -2.14. The van der Waals surface area contributed by atoms with Crippen molar-refractivity contribution in [1.29, 1.82) is 0 Å². The summed E-state index contributed by atoms with van der Waals surface area (Å²) in [5.41, 5.74) is 1.87. The molecule has 2 aromatic heterocycles. The van der Waals surface area contributed by atoms with Crippen LogP contribution in [0, 0.1) is 5.82 Å². The zero-order valence-electron chi connectivity index (χ0n) is 10.3. The molecule has 0 bridgehead atoms. The Labute approximate surface area is 109 Å². The fraction of sp³-hybridized carbons (Fsp3) is 0.143. The van der Waals surface area contributed by atoms with Crippen LogP contribution in [0.25, 0.3) is 5.65 Å². The van der Waals surface area contributed by atoms with Gasteiger partial charge in [0.2, 0.25) is 0 Å². The van der Waals surface area contributed by atoms with Gasteiger partial charge in [-0.05, 0) is 29.8 Å². The maximum atomic E-state index is 12.8. The molecular formula is C14H13FN4. The van der Waals surface area contributed by atoms with E-state index >= 15 is 0 Å². The zero-order chi connectivity index (χ0) is 13.1. The van der Waals surface area contributed by atoms with Gasteiger partial charge >= 0.3 is 0 Å². The van der Waals surface area contributed by atoms with Gasteiger partial charge in [0.25, 0.3) is 0 Å². The van der Waals surface area contributed by atoms with E-state index in [9.17, 15) is 4.39 Å². The number of halogens is 1. The predicted octanol–water partition coefficient (Wildman–Crippen LogP) is 2.16. The number of fused-ring (bicyclic) bond motifs is 1. The molecule has 0 unspecified atom stereocenters. The van der Waals surface area contributed by atoms with Gasteiger partial charge in [0.15, 0.2) is 11.5 Å². The quantitative estimate of drug-likeness (QED) is 0.777. The molecule has 19 heavy (non-hydrogen) atoms. The summed E-state index contributed by atoms with van der Waals surface area (Å²) < 4.78 is 14.7. The molecule has 0 saturated heterocycles. The molecule has 96 valence electrons. The van der Waals surface area contributed by atoms with Crippen molar-refractivity contribution in [2.75, 3.05) is 0 Å². The normalized spacial score (nSPS) is 11.0. The number of rotatable bonds is 4. The third-order valence-electron chi connectivity index (χ3n) is 2.91. The molecule has 2 heterocycles. The summed E-state index contributed by atoms with van der Waals surface area (Å²) >= 11 is 0. The summed E-state index contributed by atoms with van der Waals surface area (Å²) in [5, 5.41) is 11.5. The van der Waals surface area contributed by atoms with Gasteiger partial charge in [-0.15, -0.1) is 10.2 Å². The molecule has 1 aromatic carbocycles. The Kier molecular flexibility index (Phi) is 3.20. The number of nitrogens with zero attached hydrogens (tertiary/aromatic N) is 3. The second-order valence-corrected chi connectivity index (χ2v) is 4.28. The Balaban J connectivity index is 1.65. The van der Waals surface area contributed by atoms with E-state index in [2.05, 4.69) is 15.5 Å². The van der Waals surface area contributed by atoms with Gasteiger partial charge in [-0.25, -0.2) is 4.39 Å². The lowest BCUT2D eigenvalue weighted by Gasteiger charge is -2.04. The number of aromatic nitrogens is 3. The molecule has 0 spiro atoms. The molecule has 0 fully saturated rings. The third-order valence-corrected chi connectivity index (χ3v) is 2.91. The Hall–Kier alpha value is -2.27. The summed E-state index contributed by atoms with van der Waals surface area (Å²) in [7, 11) is 0. The SMILES string of the molecule is Fc1ccc(CNCc2nnc3ccccn23)cc1. The van der Waals surface area contributed by atoms with Gasteiger partial charge in [-0.1, -0.05) is 18.2 Å². The Morgan fingerprint density at radius 3 is 2.68 bits per heavy atom. The van der Waals surface area contributed by atoms with E-state index in [-0.39, 0.29) is 5.82 Å². The number of hydrogen-bond acceptors (Lipinski definition) is 3. The molecule has 0 amide bonds. The van der Waals surface area contributed by atoms with Crippen molar-refractivity contribution in [3.8, 4) is 0 Å². The van der Waals surface area contributed by atoms with Crippen LogP contribution in [0.5, 0.6) is 0 Å². The molecule has 0 radical (unpaired) electrons. The van der Waals surface area contributed by atoms with Crippen LogP contribution in [0.4, 0.5) is 4.39 Å². The fourth-order valence-corrected chi connectivity index (χ4v) is 1.93. The van der Waals surface area contributed by atoms with Gasteiger partial charge in [-0.3, -0.25) is 4.40 Å². The molecule has 0 aliphatic carbocycles. The third kappa shape index (κ3) is 2.61. The van der Waals surface area contributed by atoms with Gasteiger partial charge in [0.1, 0.15) is 5.82 Å². The second kappa shape index (κ2) is 5.16. The van der Waals surface area contributed by atoms with E-state index in [0.717, 1.165) is 17.0 Å². The minimum atomic E-state index is -0.216. The molecule has 0 aliphatic heterocycles. The lowest BCUT2D eigenvalue weighted by atomic mass is 10.2. The Bertz CT molecular complexity index is 675. The van der Waals surface area contributed by atoms with E-state index < -0.39 is 0 Å². The average molecular weight is 256 g/mol. The van der Waals surface area contributed by atoms with Crippen molar-refractivity contribution in [2.45, 2.75) is 13.1 Å². The number of benzene rings is 1. The van der Waals surface area contributed by atoms with Crippen molar-refractivity contribution in [2.24, 2.45) is 0 Å². The highest BCUT2D eigenvalue weighted by Gasteiger charge is 2.03. The summed E-state index contributed by atoms with van der Waals surface area (Å²) in [6, 6.07) is 12.2. The Morgan fingerprint density at radius 2 is 1.84 bits per heavy atom. The van der Waals surface area contributed by atoms with Crippen LogP contribution in [-0.2, 0) is 13.1 Å². The van der Waals surface area contributed by atoms with Crippen LogP contribution in [0.2, 0.25) is 0 Å². The first-order chi connectivity index (χ1) is 9.33. The maximum absolute atomic E-state index is 12.8. The fourth-order valence-electron chi connectivity index (χ4n) is 1.93. The molecule has 0 atom stereocenters. The monoisotopic (exact) mass is 256 g/mol. The molecule has 1 N–H and O–H groups in total. The molecular weight excluding hydrogens is 243 g/mol. The van der Waals surface area contributed by atoms with Crippen molar-refractivity contribution in [1.82, 2.24) is 19.9 Å². The standard InChI is InChI=1S/C14H13FN4/c15-12-6-4-11(5-7-12)9-16-10-14-18-17-13-3-1-2-8-19(13)14/h1-8,16H,9-10H2. The minimum absolute atomic E-state index is 0.216.